The van der Waals surface area contributed by atoms with Crippen LogP contribution >= 0.6 is 11.3 Å². The summed E-state index contributed by atoms with van der Waals surface area (Å²) < 4.78 is 0. The van der Waals surface area contributed by atoms with Gasteiger partial charge in [-0.25, -0.2) is 0 Å². The Hall–Kier alpha value is -0.870. The Bertz CT molecular complexity index is 414. The molecule has 2 heterocycles. The number of piperidine rings is 1. The van der Waals surface area contributed by atoms with Crippen LogP contribution in [0.5, 0.6) is 0 Å². The Balaban J connectivity index is 2.00. The molecule has 18 heavy (non-hydrogen) atoms. The zero-order chi connectivity index (χ0) is 13.1. The lowest BCUT2D eigenvalue weighted by Gasteiger charge is -2.33. The van der Waals surface area contributed by atoms with E-state index in [0.717, 1.165) is 25.9 Å². The average Bonchev–Trinajstić information content (AvgIpc) is 2.70. The smallest absolute Gasteiger partial charge is 0.240 e. The van der Waals surface area contributed by atoms with E-state index in [1.54, 1.807) is 11.3 Å². The molecular formula is C14H22N2OS. The quantitative estimate of drug-likeness (QED) is 0.908. The van der Waals surface area contributed by atoms with E-state index in [0.29, 0.717) is 6.04 Å². The summed E-state index contributed by atoms with van der Waals surface area (Å²) in [5.41, 5.74) is 2.59. The van der Waals surface area contributed by atoms with Crippen molar-refractivity contribution in [1.82, 2.24) is 10.2 Å². The normalized spacial score (nSPS) is 20.8. The van der Waals surface area contributed by atoms with Crippen LogP contribution in [0.15, 0.2) is 10.8 Å². The molecule has 0 aromatic carbocycles. The molecule has 1 aromatic heterocycles. The number of carbonyl (C=O) groups excluding carboxylic acids is 1. The molecule has 0 bridgehead atoms. The fourth-order valence-corrected chi connectivity index (χ4v) is 3.26. The Labute approximate surface area is 113 Å². The molecule has 1 fully saturated rings. The zero-order valence-electron chi connectivity index (χ0n) is 11.4. The first-order valence-corrected chi connectivity index (χ1v) is 7.58. The molecule has 0 saturated carbocycles. The van der Waals surface area contributed by atoms with Crippen LogP contribution in [0.25, 0.3) is 0 Å². The fraction of sp³-hybridized carbons (Fsp3) is 0.643. The molecule has 1 aliphatic heterocycles. The van der Waals surface area contributed by atoms with Crippen LogP contribution < -0.4 is 5.32 Å². The van der Waals surface area contributed by atoms with Gasteiger partial charge in [-0.3, -0.25) is 4.79 Å². The summed E-state index contributed by atoms with van der Waals surface area (Å²) in [7, 11) is 0. The summed E-state index contributed by atoms with van der Waals surface area (Å²) in [5, 5.41) is 7.67. The first-order valence-electron chi connectivity index (χ1n) is 6.64. The minimum atomic E-state index is 0.0118. The van der Waals surface area contributed by atoms with E-state index in [-0.39, 0.29) is 11.9 Å². The summed E-state index contributed by atoms with van der Waals surface area (Å²) in [6, 6.07) is 0.375. The van der Waals surface area contributed by atoms with Gasteiger partial charge in [0.25, 0.3) is 0 Å². The summed E-state index contributed by atoms with van der Waals surface area (Å²) in [6.45, 7) is 7.96. The lowest BCUT2D eigenvalue weighted by molar-refractivity contribution is -0.136. The lowest BCUT2D eigenvalue weighted by atomic mass is 10.0. The number of amides is 1. The molecule has 0 aliphatic carbocycles. The van der Waals surface area contributed by atoms with Gasteiger partial charge in [-0.05, 0) is 41.7 Å². The number of nitrogens with zero attached hydrogens (tertiary/aromatic N) is 1. The van der Waals surface area contributed by atoms with Gasteiger partial charge in [-0.2, -0.15) is 11.3 Å². The van der Waals surface area contributed by atoms with Crippen molar-refractivity contribution in [3.63, 3.8) is 0 Å². The molecule has 100 valence electrons. The maximum Gasteiger partial charge on any atom is 0.240 e. The third kappa shape index (κ3) is 3.12. The van der Waals surface area contributed by atoms with E-state index < -0.39 is 0 Å². The first kappa shape index (κ1) is 13.6. The Morgan fingerprint density at radius 3 is 2.89 bits per heavy atom. The maximum absolute atomic E-state index is 12.4. The number of hydrogen-bond acceptors (Lipinski definition) is 3. The van der Waals surface area contributed by atoms with E-state index in [2.05, 4.69) is 36.8 Å². The van der Waals surface area contributed by atoms with Crippen molar-refractivity contribution in [1.29, 1.82) is 0 Å². The number of rotatable bonds is 4. The molecule has 2 rings (SSSR count). The highest BCUT2D eigenvalue weighted by molar-refractivity contribution is 7.08. The van der Waals surface area contributed by atoms with Crippen molar-refractivity contribution >= 4 is 17.2 Å². The first-order chi connectivity index (χ1) is 8.58. The lowest BCUT2D eigenvalue weighted by Crippen LogP contribution is -2.51. The molecular weight excluding hydrogens is 244 g/mol. The Morgan fingerprint density at radius 1 is 1.50 bits per heavy atom. The van der Waals surface area contributed by atoms with Crippen LogP contribution in [0.3, 0.4) is 0 Å². The van der Waals surface area contributed by atoms with E-state index in [4.69, 9.17) is 0 Å². The van der Waals surface area contributed by atoms with Crippen LogP contribution in [0.2, 0.25) is 0 Å². The van der Waals surface area contributed by atoms with Crippen molar-refractivity contribution in [2.24, 2.45) is 0 Å². The topological polar surface area (TPSA) is 32.3 Å². The van der Waals surface area contributed by atoms with Crippen LogP contribution in [-0.2, 0) is 11.3 Å². The molecule has 1 saturated heterocycles. The second-order valence-corrected chi connectivity index (χ2v) is 6.10. The van der Waals surface area contributed by atoms with E-state index >= 15 is 0 Å². The minimum Gasteiger partial charge on any atom is -0.337 e. The summed E-state index contributed by atoms with van der Waals surface area (Å²) >= 11 is 1.71. The van der Waals surface area contributed by atoms with Gasteiger partial charge in [0.2, 0.25) is 5.91 Å². The molecule has 1 atom stereocenters. The van der Waals surface area contributed by atoms with Gasteiger partial charge >= 0.3 is 0 Å². The highest BCUT2D eigenvalue weighted by atomic mass is 32.1. The Morgan fingerprint density at radius 2 is 2.28 bits per heavy atom. The van der Waals surface area contributed by atoms with Gasteiger partial charge in [0.15, 0.2) is 0 Å². The third-order valence-corrected chi connectivity index (χ3v) is 4.30. The van der Waals surface area contributed by atoms with Gasteiger partial charge in [-0.1, -0.05) is 13.8 Å². The third-order valence-electron chi connectivity index (χ3n) is 3.39. The molecule has 3 nitrogen and oxygen atoms in total. The maximum atomic E-state index is 12.4. The molecule has 4 heteroatoms. The molecule has 1 unspecified atom stereocenters. The average molecular weight is 266 g/mol. The largest absolute Gasteiger partial charge is 0.337 e. The van der Waals surface area contributed by atoms with Crippen molar-refractivity contribution < 1.29 is 4.79 Å². The zero-order valence-corrected chi connectivity index (χ0v) is 12.2. The van der Waals surface area contributed by atoms with Crippen LogP contribution in [0.4, 0.5) is 0 Å². The number of aryl methyl sites for hydroxylation is 1. The molecule has 1 amide bonds. The SMILES string of the molecule is Cc1cscc1CN1CCCC(NC(C)C)C1=O. The second kappa shape index (κ2) is 5.85. The Kier molecular flexibility index (Phi) is 4.40. The van der Waals surface area contributed by atoms with Gasteiger partial charge in [-0.15, -0.1) is 0 Å². The van der Waals surface area contributed by atoms with Crippen molar-refractivity contribution in [2.45, 2.75) is 52.2 Å². The van der Waals surface area contributed by atoms with Gasteiger partial charge in [0.1, 0.15) is 0 Å². The number of thiophene rings is 1. The molecule has 1 aromatic rings. The molecule has 0 spiro atoms. The number of likely N-dealkylation sites (tertiary alicyclic amines) is 1. The van der Waals surface area contributed by atoms with Crippen molar-refractivity contribution in [3.05, 3.63) is 21.9 Å². The van der Waals surface area contributed by atoms with Crippen LogP contribution in [0, 0.1) is 6.92 Å². The second-order valence-electron chi connectivity index (χ2n) is 5.36. The summed E-state index contributed by atoms with van der Waals surface area (Å²) in [4.78, 5) is 14.4. The van der Waals surface area contributed by atoms with Gasteiger partial charge in [0.05, 0.1) is 6.04 Å². The minimum absolute atomic E-state index is 0.0118. The number of hydrogen-bond donors (Lipinski definition) is 1. The summed E-state index contributed by atoms with van der Waals surface area (Å²) in [5.74, 6) is 0.264. The van der Waals surface area contributed by atoms with E-state index in [1.807, 2.05) is 4.90 Å². The number of nitrogens with one attached hydrogen (secondary N) is 1. The van der Waals surface area contributed by atoms with Crippen molar-refractivity contribution in [2.75, 3.05) is 6.54 Å². The molecule has 1 aliphatic rings. The standard InChI is InChI=1S/C14H22N2OS/c1-10(2)15-13-5-4-6-16(14(13)17)7-12-9-18-8-11(12)3/h8-10,13,15H,4-7H2,1-3H3. The van der Waals surface area contributed by atoms with E-state index in [1.165, 1.54) is 11.1 Å². The highest BCUT2D eigenvalue weighted by Crippen LogP contribution is 2.20. The molecule has 0 radical (unpaired) electrons. The highest BCUT2D eigenvalue weighted by Gasteiger charge is 2.28. The fourth-order valence-electron chi connectivity index (χ4n) is 2.41. The predicted molar refractivity (Wildman–Crippen MR) is 75.8 cm³/mol. The van der Waals surface area contributed by atoms with Crippen molar-refractivity contribution in [3.8, 4) is 0 Å². The predicted octanol–water partition coefficient (Wildman–Crippen LogP) is 2.55. The van der Waals surface area contributed by atoms with Crippen LogP contribution in [0.1, 0.15) is 37.8 Å². The summed E-state index contributed by atoms with van der Waals surface area (Å²) in [6.07, 6.45) is 2.06. The monoisotopic (exact) mass is 266 g/mol. The van der Waals surface area contributed by atoms with E-state index in [9.17, 15) is 4.79 Å². The van der Waals surface area contributed by atoms with Gasteiger partial charge in [0, 0.05) is 19.1 Å². The molecule has 1 N–H and O–H groups in total. The number of carbonyl (C=O) groups is 1. The van der Waals surface area contributed by atoms with Gasteiger partial charge < -0.3 is 10.2 Å². The van der Waals surface area contributed by atoms with Crippen LogP contribution in [-0.4, -0.2) is 29.4 Å².